The molecule has 0 aliphatic carbocycles. The van der Waals surface area contributed by atoms with E-state index in [9.17, 15) is 0 Å². The number of hydrogen-bond donors (Lipinski definition) is 1. The minimum absolute atomic E-state index is 1.14. The third-order valence-corrected chi connectivity index (χ3v) is 1.17. The molecule has 3 nitrogen and oxygen atoms in total. The lowest BCUT2D eigenvalue weighted by Gasteiger charge is -1.78. The summed E-state index contributed by atoms with van der Waals surface area (Å²) >= 11 is 0. The Bertz CT molecular complexity index is 163. The van der Waals surface area contributed by atoms with E-state index < -0.39 is 0 Å². The fourth-order valence-corrected chi connectivity index (χ4v) is 0.670. The highest BCUT2D eigenvalue weighted by molar-refractivity contribution is 4.86. The van der Waals surface area contributed by atoms with Crippen LogP contribution in [0.1, 0.15) is 6.42 Å². The lowest BCUT2D eigenvalue weighted by Crippen LogP contribution is -1.96. The molecule has 0 amide bonds. The van der Waals surface area contributed by atoms with Crippen LogP contribution < -0.4 is 5.32 Å². The molecule has 0 saturated carbocycles. The van der Waals surface area contributed by atoms with E-state index in [4.69, 9.17) is 0 Å². The molecular weight excluding hydrogens is 138 g/mol. The van der Waals surface area contributed by atoms with Gasteiger partial charge in [0.1, 0.15) is 6.33 Å². The van der Waals surface area contributed by atoms with Gasteiger partial charge in [-0.25, -0.2) is 9.97 Å². The van der Waals surface area contributed by atoms with Gasteiger partial charge in [0, 0.05) is 18.9 Å². The van der Waals surface area contributed by atoms with E-state index in [2.05, 4.69) is 21.4 Å². The van der Waals surface area contributed by atoms with Crippen LogP contribution in [-0.2, 0) is 0 Å². The summed E-state index contributed by atoms with van der Waals surface area (Å²) in [5, 5.41) is 3.04. The Morgan fingerprint density at radius 1 is 1.18 bits per heavy atom. The molecule has 0 radical (unpaired) electrons. The first-order chi connectivity index (χ1) is 5.50. The van der Waals surface area contributed by atoms with Crippen molar-refractivity contribution in [1.29, 1.82) is 0 Å². The van der Waals surface area contributed by atoms with Crippen molar-refractivity contribution >= 4 is 0 Å². The Labute approximate surface area is 66.2 Å². The molecular formula is C8H11N3. The van der Waals surface area contributed by atoms with Gasteiger partial charge in [0.25, 0.3) is 0 Å². The summed E-state index contributed by atoms with van der Waals surface area (Å²) in [7, 11) is 0. The van der Waals surface area contributed by atoms with Gasteiger partial charge in [-0.3, -0.25) is 0 Å². The Hall–Kier alpha value is -1.38. The van der Waals surface area contributed by atoms with Gasteiger partial charge in [-0.1, -0.05) is 6.08 Å². The zero-order chi connectivity index (χ0) is 7.78. The maximum atomic E-state index is 3.67. The van der Waals surface area contributed by atoms with Crippen LogP contribution in [-0.4, -0.2) is 16.5 Å². The van der Waals surface area contributed by atoms with Gasteiger partial charge in [0.2, 0.25) is 0 Å². The lowest BCUT2D eigenvalue weighted by molar-refractivity contribution is 0.917. The van der Waals surface area contributed by atoms with E-state index in [1.165, 1.54) is 12.7 Å². The van der Waals surface area contributed by atoms with Crippen molar-refractivity contribution in [1.82, 2.24) is 15.3 Å². The highest BCUT2D eigenvalue weighted by atomic mass is 14.8. The van der Waals surface area contributed by atoms with Crippen molar-refractivity contribution in [2.75, 3.05) is 6.54 Å². The molecule has 0 bridgehead atoms. The first-order valence-corrected chi connectivity index (χ1v) is 3.58. The second kappa shape index (κ2) is 5.41. The molecule has 0 saturated heterocycles. The Morgan fingerprint density at radius 3 is 2.18 bits per heavy atom. The largest absolute Gasteiger partial charge is 0.391 e. The van der Waals surface area contributed by atoms with Gasteiger partial charge >= 0.3 is 0 Å². The minimum Gasteiger partial charge on any atom is -0.391 e. The summed E-state index contributed by atoms with van der Waals surface area (Å²) in [6.45, 7) is 1.14. The third kappa shape index (κ3) is 4.08. The van der Waals surface area contributed by atoms with Gasteiger partial charge < -0.3 is 5.32 Å². The second-order valence-corrected chi connectivity index (χ2v) is 2.05. The molecule has 0 atom stereocenters. The van der Waals surface area contributed by atoms with Gasteiger partial charge in [-0.2, -0.15) is 0 Å². The molecule has 1 aliphatic rings. The predicted octanol–water partition coefficient (Wildman–Crippen LogP) is 0.970. The fourth-order valence-electron chi connectivity index (χ4n) is 0.670. The van der Waals surface area contributed by atoms with E-state index >= 15 is 0 Å². The number of hydrogen-bond acceptors (Lipinski definition) is 3. The van der Waals surface area contributed by atoms with Crippen LogP contribution in [0.4, 0.5) is 0 Å². The predicted molar refractivity (Wildman–Crippen MR) is 43.8 cm³/mol. The molecule has 1 aromatic rings. The van der Waals surface area contributed by atoms with Crippen LogP contribution in [0.2, 0.25) is 0 Å². The number of nitrogens with zero attached hydrogens (tertiary/aromatic N) is 2. The zero-order valence-corrected chi connectivity index (χ0v) is 6.27. The normalized spacial score (nSPS) is 13.1. The van der Waals surface area contributed by atoms with Crippen molar-refractivity contribution in [3.05, 3.63) is 37.1 Å². The molecule has 1 N–H and O–H groups in total. The maximum Gasteiger partial charge on any atom is 0.115 e. The average molecular weight is 149 g/mol. The van der Waals surface area contributed by atoms with E-state index in [0.717, 1.165) is 6.54 Å². The summed E-state index contributed by atoms with van der Waals surface area (Å²) in [5.74, 6) is 0. The van der Waals surface area contributed by atoms with Crippen molar-refractivity contribution in [3.8, 4) is 0 Å². The molecule has 0 aromatic carbocycles. The van der Waals surface area contributed by atoms with Crippen LogP contribution in [0.3, 0.4) is 0 Å². The maximum absolute atomic E-state index is 3.67. The summed E-state index contributed by atoms with van der Waals surface area (Å²) < 4.78 is 0. The Kier molecular flexibility index (Phi) is 3.80. The van der Waals surface area contributed by atoms with Gasteiger partial charge in [0.05, 0.1) is 0 Å². The molecule has 0 unspecified atom stereocenters. The molecule has 1 aliphatic heterocycles. The molecule has 3 heteroatoms. The summed E-state index contributed by atoms with van der Waals surface area (Å²) in [6, 6.07) is 1.78. The minimum atomic E-state index is 1.14. The second-order valence-electron chi connectivity index (χ2n) is 2.05. The standard InChI is InChI=1S/C4H4N2.C4H7N/c1-2-5-4-6-3-1;1-2-4-5-3-1/h1-4H;1,3,5H,2,4H2. The summed E-state index contributed by atoms with van der Waals surface area (Å²) in [6.07, 6.45) is 10.2. The monoisotopic (exact) mass is 149 g/mol. The van der Waals surface area contributed by atoms with E-state index in [-0.39, 0.29) is 0 Å². The Morgan fingerprint density at radius 2 is 2.00 bits per heavy atom. The summed E-state index contributed by atoms with van der Waals surface area (Å²) in [4.78, 5) is 7.35. The first-order valence-electron chi connectivity index (χ1n) is 3.58. The number of aromatic nitrogens is 2. The summed E-state index contributed by atoms with van der Waals surface area (Å²) in [5.41, 5.74) is 0. The highest BCUT2D eigenvalue weighted by Crippen LogP contribution is 1.84. The molecule has 11 heavy (non-hydrogen) atoms. The SMILES string of the molecule is C1=CNCC1.c1cncnc1. The van der Waals surface area contributed by atoms with E-state index in [0.29, 0.717) is 0 Å². The quantitative estimate of drug-likeness (QED) is 0.597. The smallest absolute Gasteiger partial charge is 0.115 e. The molecule has 0 fully saturated rings. The topological polar surface area (TPSA) is 37.8 Å². The van der Waals surface area contributed by atoms with Crippen LogP contribution in [0.15, 0.2) is 37.1 Å². The van der Waals surface area contributed by atoms with Crippen molar-refractivity contribution in [2.24, 2.45) is 0 Å². The highest BCUT2D eigenvalue weighted by Gasteiger charge is 1.81. The number of nitrogens with one attached hydrogen (secondary N) is 1. The third-order valence-electron chi connectivity index (χ3n) is 1.17. The Balaban J connectivity index is 0.000000112. The van der Waals surface area contributed by atoms with Crippen molar-refractivity contribution in [3.63, 3.8) is 0 Å². The van der Waals surface area contributed by atoms with Crippen LogP contribution in [0, 0.1) is 0 Å². The van der Waals surface area contributed by atoms with Crippen molar-refractivity contribution < 1.29 is 0 Å². The van der Waals surface area contributed by atoms with Crippen LogP contribution in [0.5, 0.6) is 0 Å². The van der Waals surface area contributed by atoms with Crippen LogP contribution >= 0.6 is 0 Å². The van der Waals surface area contributed by atoms with Gasteiger partial charge in [-0.05, 0) is 18.7 Å². The van der Waals surface area contributed by atoms with Crippen LogP contribution in [0.25, 0.3) is 0 Å². The zero-order valence-electron chi connectivity index (χ0n) is 6.27. The number of rotatable bonds is 0. The molecule has 1 aromatic heterocycles. The average Bonchev–Trinajstić information content (AvgIpc) is 2.64. The molecule has 58 valence electrons. The molecule has 2 heterocycles. The molecule has 2 rings (SSSR count). The first kappa shape index (κ1) is 7.72. The van der Waals surface area contributed by atoms with Gasteiger partial charge in [-0.15, -0.1) is 0 Å². The van der Waals surface area contributed by atoms with Crippen molar-refractivity contribution in [2.45, 2.75) is 6.42 Å². The molecule has 0 spiro atoms. The fraction of sp³-hybridized carbons (Fsp3) is 0.250. The van der Waals surface area contributed by atoms with E-state index in [1.807, 2.05) is 6.20 Å². The van der Waals surface area contributed by atoms with Gasteiger partial charge in [0.15, 0.2) is 0 Å². The lowest BCUT2D eigenvalue weighted by atomic mass is 10.5. The van der Waals surface area contributed by atoms with E-state index in [1.54, 1.807) is 18.5 Å².